The van der Waals surface area contributed by atoms with E-state index in [2.05, 4.69) is 0 Å². The lowest BCUT2D eigenvalue weighted by molar-refractivity contribution is -0.165. The monoisotopic (exact) mass is 252 g/mol. The molecule has 0 saturated heterocycles. The van der Waals surface area contributed by atoms with Crippen molar-refractivity contribution in [2.24, 2.45) is 11.3 Å². The molecule has 3 heteroatoms. The smallest absolute Gasteiger partial charge is 0.159 e. The fraction of sp³-hybridized carbons (Fsp3) is 0.800. The number of ketones is 1. The van der Waals surface area contributed by atoms with Gasteiger partial charge in [0.05, 0.1) is 11.7 Å². The van der Waals surface area contributed by atoms with Crippen LogP contribution in [-0.2, 0) is 4.79 Å². The van der Waals surface area contributed by atoms with E-state index in [0.29, 0.717) is 25.7 Å². The fourth-order valence-corrected chi connectivity index (χ4v) is 3.82. The van der Waals surface area contributed by atoms with E-state index < -0.39 is 17.1 Å². The van der Waals surface area contributed by atoms with Gasteiger partial charge in [-0.25, -0.2) is 0 Å². The number of rotatable bonds is 0. The molecule has 2 aliphatic rings. The second kappa shape index (κ2) is 4.17. The molecule has 2 saturated carbocycles. The van der Waals surface area contributed by atoms with Crippen molar-refractivity contribution in [3.63, 3.8) is 0 Å². The quantitative estimate of drug-likeness (QED) is 0.650. The van der Waals surface area contributed by atoms with Crippen LogP contribution in [0, 0.1) is 11.3 Å². The Morgan fingerprint density at radius 1 is 1.33 bits per heavy atom. The van der Waals surface area contributed by atoms with E-state index in [0.717, 1.165) is 11.1 Å². The Hall–Kier alpha value is -0.670. The lowest BCUT2D eigenvalue weighted by Crippen LogP contribution is -2.57. The minimum absolute atomic E-state index is 0.0312. The van der Waals surface area contributed by atoms with Crippen LogP contribution in [0.5, 0.6) is 0 Å². The minimum Gasteiger partial charge on any atom is -0.393 e. The predicted molar refractivity (Wildman–Crippen MR) is 70.1 cm³/mol. The standard InChI is InChI=1S/C15H24O3/c1-9(2)10-7-12-14(3,8-11(10)16)13(17)5-6-15(12,4)18/h12-13,17-18H,5-8H2,1-4H3/t12-,13-,14-,15-/m0/s1. The molecule has 18 heavy (non-hydrogen) atoms. The third kappa shape index (κ3) is 1.94. The zero-order valence-corrected chi connectivity index (χ0v) is 11.8. The third-order valence-corrected chi connectivity index (χ3v) is 5.12. The van der Waals surface area contributed by atoms with Gasteiger partial charge in [-0.2, -0.15) is 0 Å². The Balaban J connectivity index is 2.43. The molecular formula is C15H24O3. The highest BCUT2D eigenvalue weighted by Crippen LogP contribution is 2.54. The SMILES string of the molecule is CC(C)=C1C[C@H]2[C@](C)(CC1=O)[C@@H](O)CC[C@]2(C)O. The first-order chi connectivity index (χ1) is 8.18. The molecule has 2 rings (SSSR count). The Morgan fingerprint density at radius 3 is 2.50 bits per heavy atom. The minimum atomic E-state index is -0.782. The highest BCUT2D eigenvalue weighted by molar-refractivity contribution is 5.97. The number of hydrogen-bond donors (Lipinski definition) is 2. The summed E-state index contributed by atoms with van der Waals surface area (Å²) in [4.78, 5) is 12.2. The molecule has 0 amide bonds. The number of allylic oxidation sites excluding steroid dienone is 2. The predicted octanol–water partition coefficient (Wildman–Crippen LogP) is 2.21. The molecule has 0 aromatic rings. The van der Waals surface area contributed by atoms with E-state index in [1.807, 2.05) is 27.7 Å². The van der Waals surface area contributed by atoms with Crippen molar-refractivity contribution in [1.82, 2.24) is 0 Å². The van der Waals surface area contributed by atoms with Gasteiger partial charge in [0.1, 0.15) is 0 Å². The van der Waals surface area contributed by atoms with Gasteiger partial charge in [0, 0.05) is 11.8 Å². The number of fused-ring (bicyclic) bond motifs is 1. The lowest BCUT2D eigenvalue weighted by Gasteiger charge is -2.54. The summed E-state index contributed by atoms with van der Waals surface area (Å²) in [6.07, 6.45) is 1.67. The van der Waals surface area contributed by atoms with Gasteiger partial charge in [-0.15, -0.1) is 0 Å². The summed E-state index contributed by atoms with van der Waals surface area (Å²) in [5, 5.41) is 20.9. The van der Waals surface area contributed by atoms with E-state index in [1.165, 1.54) is 0 Å². The lowest BCUT2D eigenvalue weighted by atomic mass is 9.53. The van der Waals surface area contributed by atoms with Crippen molar-refractivity contribution in [3.8, 4) is 0 Å². The largest absolute Gasteiger partial charge is 0.393 e. The van der Waals surface area contributed by atoms with Gasteiger partial charge in [0.25, 0.3) is 0 Å². The highest BCUT2D eigenvalue weighted by atomic mass is 16.3. The first kappa shape index (κ1) is 13.8. The van der Waals surface area contributed by atoms with Gasteiger partial charge < -0.3 is 10.2 Å². The molecule has 0 unspecified atom stereocenters. The molecule has 0 aromatic carbocycles. The zero-order chi connectivity index (χ0) is 13.7. The maximum Gasteiger partial charge on any atom is 0.159 e. The second-order valence-electron chi connectivity index (χ2n) is 6.75. The normalized spacial score (nSPS) is 44.8. The van der Waals surface area contributed by atoms with Gasteiger partial charge in [-0.05, 0) is 51.5 Å². The molecule has 4 atom stereocenters. The molecule has 0 spiro atoms. The maximum atomic E-state index is 12.2. The molecule has 0 radical (unpaired) electrons. The third-order valence-electron chi connectivity index (χ3n) is 5.12. The Labute approximate surface area is 109 Å². The maximum absolute atomic E-state index is 12.2. The molecule has 0 aliphatic heterocycles. The van der Waals surface area contributed by atoms with Crippen LogP contribution >= 0.6 is 0 Å². The van der Waals surface area contributed by atoms with E-state index >= 15 is 0 Å². The number of aliphatic hydroxyl groups excluding tert-OH is 1. The van der Waals surface area contributed by atoms with E-state index in [1.54, 1.807) is 0 Å². The van der Waals surface area contributed by atoms with Gasteiger partial charge in [-0.1, -0.05) is 12.5 Å². The van der Waals surface area contributed by atoms with Crippen LogP contribution in [0.15, 0.2) is 11.1 Å². The second-order valence-corrected chi connectivity index (χ2v) is 6.75. The molecule has 0 aromatic heterocycles. The summed E-state index contributed by atoms with van der Waals surface area (Å²) in [5.41, 5.74) is 0.637. The summed E-state index contributed by atoms with van der Waals surface area (Å²) >= 11 is 0. The van der Waals surface area contributed by atoms with E-state index in [4.69, 9.17) is 0 Å². The molecule has 2 fully saturated rings. The number of carbonyl (C=O) groups is 1. The molecule has 0 heterocycles. The Morgan fingerprint density at radius 2 is 1.94 bits per heavy atom. The summed E-state index contributed by atoms with van der Waals surface area (Å²) in [5.74, 6) is 0.113. The average Bonchev–Trinajstić information content (AvgIpc) is 2.23. The van der Waals surface area contributed by atoms with Gasteiger partial charge in [-0.3, -0.25) is 4.79 Å². The Bertz CT molecular complexity index is 404. The van der Waals surface area contributed by atoms with Crippen molar-refractivity contribution in [2.45, 2.75) is 65.1 Å². The molecular weight excluding hydrogens is 228 g/mol. The van der Waals surface area contributed by atoms with Crippen LogP contribution in [0.2, 0.25) is 0 Å². The topological polar surface area (TPSA) is 57.5 Å². The summed E-state index contributed by atoms with van der Waals surface area (Å²) in [6, 6.07) is 0. The number of hydrogen-bond acceptors (Lipinski definition) is 3. The van der Waals surface area contributed by atoms with Crippen LogP contribution in [0.4, 0.5) is 0 Å². The first-order valence-corrected chi connectivity index (χ1v) is 6.78. The van der Waals surface area contributed by atoms with Crippen molar-refractivity contribution in [2.75, 3.05) is 0 Å². The van der Waals surface area contributed by atoms with Crippen molar-refractivity contribution in [1.29, 1.82) is 0 Å². The fourth-order valence-electron chi connectivity index (χ4n) is 3.82. The molecule has 102 valence electrons. The Kier molecular flexibility index (Phi) is 3.19. The van der Waals surface area contributed by atoms with Crippen LogP contribution in [-0.4, -0.2) is 27.7 Å². The summed E-state index contributed by atoms with van der Waals surface area (Å²) in [7, 11) is 0. The molecule has 2 aliphatic carbocycles. The van der Waals surface area contributed by atoms with Crippen LogP contribution in [0.1, 0.15) is 53.4 Å². The van der Waals surface area contributed by atoms with E-state index in [9.17, 15) is 15.0 Å². The first-order valence-electron chi connectivity index (χ1n) is 6.78. The van der Waals surface area contributed by atoms with E-state index in [-0.39, 0.29) is 11.7 Å². The molecule has 0 bridgehead atoms. The summed E-state index contributed by atoms with van der Waals surface area (Å²) in [6.45, 7) is 7.70. The van der Waals surface area contributed by atoms with Crippen molar-refractivity contribution in [3.05, 3.63) is 11.1 Å². The van der Waals surface area contributed by atoms with Crippen LogP contribution < -0.4 is 0 Å². The molecule has 3 nitrogen and oxygen atoms in total. The van der Waals surface area contributed by atoms with Gasteiger partial charge >= 0.3 is 0 Å². The number of Topliss-reactive ketones (excluding diaryl/α,β-unsaturated/α-hetero) is 1. The highest BCUT2D eigenvalue weighted by Gasteiger charge is 2.56. The summed E-state index contributed by atoms with van der Waals surface area (Å²) < 4.78 is 0. The number of aliphatic hydroxyl groups is 2. The average molecular weight is 252 g/mol. The van der Waals surface area contributed by atoms with Crippen LogP contribution in [0.3, 0.4) is 0 Å². The molecule has 2 N–H and O–H groups in total. The van der Waals surface area contributed by atoms with Crippen molar-refractivity contribution < 1.29 is 15.0 Å². The number of carbonyl (C=O) groups excluding carboxylic acids is 1. The van der Waals surface area contributed by atoms with Gasteiger partial charge in [0.2, 0.25) is 0 Å². The van der Waals surface area contributed by atoms with Gasteiger partial charge in [0.15, 0.2) is 5.78 Å². The van der Waals surface area contributed by atoms with Crippen LogP contribution in [0.25, 0.3) is 0 Å². The zero-order valence-electron chi connectivity index (χ0n) is 11.8. The van der Waals surface area contributed by atoms with Crippen molar-refractivity contribution >= 4 is 5.78 Å².